The minimum absolute atomic E-state index is 0.893. The summed E-state index contributed by atoms with van der Waals surface area (Å²) in [6.07, 6.45) is 9.14. The Balaban J connectivity index is 1.93. The van der Waals surface area contributed by atoms with E-state index in [0.29, 0.717) is 0 Å². The molecule has 0 bridgehead atoms. The smallest absolute Gasteiger partial charge is 0.190 e. The van der Waals surface area contributed by atoms with Crippen molar-refractivity contribution in [2.75, 3.05) is 0 Å². The molecule has 0 amide bonds. The zero-order valence-corrected chi connectivity index (χ0v) is 9.97. The third-order valence-corrected chi connectivity index (χ3v) is 3.45. The maximum Gasteiger partial charge on any atom is 0.190 e. The molecular formula is C15H17N2+. The van der Waals surface area contributed by atoms with Crippen molar-refractivity contribution in [1.82, 2.24) is 4.98 Å². The molecule has 0 atom stereocenters. The predicted molar refractivity (Wildman–Crippen MR) is 66.6 cm³/mol. The van der Waals surface area contributed by atoms with Crippen LogP contribution in [0.25, 0.3) is 0 Å². The summed E-state index contributed by atoms with van der Waals surface area (Å²) >= 11 is 0. The number of nitrogens with zero attached hydrogens (tertiary/aromatic N) is 2. The highest BCUT2D eigenvalue weighted by Gasteiger charge is 2.19. The topological polar surface area (TPSA) is 16.8 Å². The number of aromatic nitrogens is 2. The third-order valence-electron chi connectivity index (χ3n) is 3.45. The fourth-order valence-corrected chi connectivity index (χ4v) is 2.59. The van der Waals surface area contributed by atoms with Crippen molar-refractivity contribution >= 4 is 0 Å². The van der Waals surface area contributed by atoms with Gasteiger partial charge in [-0.2, -0.15) is 4.57 Å². The summed E-state index contributed by atoms with van der Waals surface area (Å²) in [6.45, 7) is 0.893. The van der Waals surface area contributed by atoms with Crippen LogP contribution in [0.3, 0.4) is 0 Å². The Labute approximate surface area is 102 Å². The van der Waals surface area contributed by atoms with E-state index in [9.17, 15) is 0 Å². The van der Waals surface area contributed by atoms with Crippen LogP contribution in [-0.4, -0.2) is 4.98 Å². The molecule has 0 spiro atoms. The van der Waals surface area contributed by atoms with Gasteiger partial charge in [0.1, 0.15) is 5.69 Å². The lowest BCUT2D eigenvalue weighted by molar-refractivity contribution is -0.696. The number of hydrogen-bond donors (Lipinski definition) is 0. The standard InChI is InChI=1S/C15H17N2/c1-2-9-15-13(6-1)7-5-11-17(15)12-14-8-3-4-10-16-14/h3-5,7-8,10-11H,1-2,6,9,12H2/q+1. The zero-order chi connectivity index (χ0) is 11.5. The molecule has 0 fully saturated rings. The van der Waals surface area contributed by atoms with Gasteiger partial charge < -0.3 is 0 Å². The Bertz CT molecular complexity index is 506. The van der Waals surface area contributed by atoms with Gasteiger partial charge in [-0.05, 0) is 37.5 Å². The van der Waals surface area contributed by atoms with Gasteiger partial charge in [0.15, 0.2) is 18.4 Å². The Hall–Kier alpha value is -1.70. The van der Waals surface area contributed by atoms with E-state index in [1.165, 1.54) is 36.9 Å². The third kappa shape index (κ3) is 2.21. The fourth-order valence-electron chi connectivity index (χ4n) is 2.59. The number of pyridine rings is 2. The van der Waals surface area contributed by atoms with Gasteiger partial charge in [-0.25, -0.2) is 0 Å². The van der Waals surface area contributed by atoms with Crippen LogP contribution in [0, 0.1) is 0 Å². The van der Waals surface area contributed by atoms with Crippen LogP contribution < -0.4 is 4.57 Å². The molecule has 0 radical (unpaired) electrons. The van der Waals surface area contributed by atoms with E-state index in [1.54, 1.807) is 0 Å². The summed E-state index contributed by atoms with van der Waals surface area (Å²) in [5, 5.41) is 0. The molecule has 0 aromatic carbocycles. The largest absolute Gasteiger partial charge is 0.255 e. The summed E-state index contributed by atoms with van der Waals surface area (Å²) in [5.41, 5.74) is 4.16. The fraction of sp³-hybridized carbons (Fsp3) is 0.333. The average Bonchev–Trinajstić information content (AvgIpc) is 2.40. The van der Waals surface area contributed by atoms with Crippen LogP contribution in [0.2, 0.25) is 0 Å². The maximum absolute atomic E-state index is 4.40. The molecule has 2 aromatic heterocycles. The summed E-state index contributed by atoms with van der Waals surface area (Å²) in [4.78, 5) is 4.40. The Morgan fingerprint density at radius 2 is 2.00 bits per heavy atom. The van der Waals surface area contributed by atoms with Crippen molar-refractivity contribution in [2.24, 2.45) is 0 Å². The zero-order valence-electron chi connectivity index (χ0n) is 9.97. The summed E-state index contributed by atoms with van der Waals surface area (Å²) in [5.74, 6) is 0. The minimum Gasteiger partial charge on any atom is -0.255 e. The monoisotopic (exact) mass is 225 g/mol. The highest BCUT2D eigenvalue weighted by molar-refractivity contribution is 5.18. The van der Waals surface area contributed by atoms with E-state index in [-0.39, 0.29) is 0 Å². The molecule has 2 nitrogen and oxygen atoms in total. The normalized spacial score (nSPS) is 14.4. The molecule has 1 aliphatic carbocycles. The lowest BCUT2D eigenvalue weighted by atomic mass is 9.96. The molecular weight excluding hydrogens is 208 g/mol. The van der Waals surface area contributed by atoms with Crippen molar-refractivity contribution in [2.45, 2.75) is 32.2 Å². The van der Waals surface area contributed by atoms with Gasteiger partial charge in [0.05, 0.1) is 0 Å². The second-order valence-electron chi connectivity index (χ2n) is 4.64. The van der Waals surface area contributed by atoms with E-state index < -0.39 is 0 Å². The van der Waals surface area contributed by atoms with E-state index in [2.05, 4.69) is 40.0 Å². The first-order chi connectivity index (χ1) is 8.43. The number of hydrogen-bond acceptors (Lipinski definition) is 1. The predicted octanol–water partition coefficient (Wildman–Crippen LogP) is 2.30. The van der Waals surface area contributed by atoms with Crippen LogP contribution in [0.15, 0.2) is 42.7 Å². The van der Waals surface area contributed by atoms with Crippen molar-refractivity contribution in [3.05, 3.63) is 59.7 Å². The second-order valence-corrected chi connectivity index (χ2v) is 4.64. The highest BCUT2D eigenvalue weighted by atomic mass is 15.0. The van der Waals surface area contributed by atoms with E-state index in [1.807, 2.05) is 12.3 Å². The average molecular weight is 225 g/mol. The molecule has 1 aliphatic rings. The van der Waals surface area contributed by atoms with Crippen molar-refractivity contribution in [1.29, 1.82) is 0 Å². The van der Waals surface area contributed by atoms with E-state index >= 15 is 0 Å². The second kappa shape index (κ2) is 4.66. The molecule has 0 N–H and O–H groups in total. The van der Waals surface area contributed by atoms with Crippen LogP contribution in [0.4, 0.5) is 0 Å². The molecule has 3 rings (SSSR count). The first-order valence-electron chi connectivity index (χ1n) is 6.33. The highest BCUT2D eigenvalue weighted by Crippen LogP contribution is 2.17. The van der Waals surface area contributed by atoms with Gasteiger partial charge in [-0.3, -0.25) is 4.98 Å². The Morgan fingerprint density at radius 1 is 1.06 bits per heavy atom. The number of fused-ring (bicyclic) bond motifs is 1. The first-order valence-corrected chi connectivity index (χ1v) is 6.33. The molecule has 17 heavy (non-hydrogen) atoms. The van der Waals surface area contributed by atoms with Gasteiger partial charge >= 0.3 is 0 Å². The van der Waals surface area contributed by atoms with Gasteiger partial charge in [-0.1, -0.05) is 6.07 Å². The van der Waals surface area contributed by atoms with Gasteiger partial charge in [-0.15, -0.1) is 0 Å². The lowest BCUT2D eigenvalue weighted by Crippen LogP contribution is -2.40. The molecule has 0 unspecified atom stereocenters. The van der Waals surface area contributed by atoms with Crippen molar-refractivity contribution < 1.29 is 4.57 Å². The van der Waals surface area contributed by atoms with Crippen molar-refractivity contribution in [3.8, 4) is 0 Å². The van der Waals surface area contributed by atoms with Crippen molar-refractivity contribution in [3.63, 3.8) is 0 Å². The summed E-state index contributed by atoms with van der Waals surface area (Å²) < 4.78 is 2.36. The SMILES string of the molecule is c1ccc(C[n+]2cccc3c2CCCC3)nc1. The van der Waals surface area contributed by atoms with E-state index in [0.717, 1.165) is 12.2 Å². The summed E-state index contributed by atoms with van der Waals surface area (Å²) in [7, 11) is 0. The quantitative estimate of drug-likeness (QED) is 0.717. The molecule has 0 aliphatic heterocycles. The van der Waals surface area contributed by atoms with Crippen LogP contribution in [-0.2, 0) is 19.4 Å². The van der Waals surface area contributed by atoms with Crippen LogP contribution in [0.5, 0.6) is 0 Å². The molecule has 2 heterocycles. The first kappa shape index (κ1) is 10.5. The van der Waals surface area contributed by atoms with Gasteiger partial charge in [0, 0.05) is 24.2 Å². The molecule has 86 valence electrons. The maximum atomic E-state index is 4.40. The molecule has 0 saturated carbocycles. The Kier molecular flexibility index (Phi) is 2.87. The van der Waals surface area contributed by atoms with Crippen LogP contribution >= 0.6 is 0 Å². The van der Waals surface area contributed by atoms with Gasteiger partial charge in [0.25, 0.3) is 0 Å². The number of aryl methyl sites for hydroxylation is 1. The molecule has 0 saturated heterocycles. The van der Waals surface area contributed by atoms with E-state index in [4.69, 9.17) is 0 Å². The van der Waals surface area contributed by atoms with Gasteiger partial charge in [0.2, 0.25) is 0 Å². The van der Waals surface area contributed by atoms with Crippen LogP contribution in [0.1, 0.15) is 29.8 Å². The minimum atomic E-state index is 0.893. The summed E-state index contributed by atoms with van der Waals surface area (Å²) in [6, 6.07) is 10.5. The number of rotatable bonds is 2. The lowest BCUT2D eigenvalue weighted by Gasteiger charge is -2.13. The Morgan fingerprint density at radius 3 is 2.88 bits per heavy atom. The molecule has 2 heteroatoms. The molecule has 2 aromatic rings.